The highest BCUT2D eigenvalue weighted by Crippen LogP contribution is 2.19. The molecule has 0 aromatic carbocycles. The second-order valence-corrected chi connectivity index (χ2v) is 2.64. The molecule has 2 aliphatic rings. The first-order valence-electron chi connectivity index (χ1n) is 4.02. The van der Waals surface area contributed by atoms with Gasteiger partial charge >= 0.3 is 0 Å². The van der Waals surface area contributed by atoms with Gasteiger partial charge in [-0.3, -0.25) is 0 Å². The summed E-state index contributed by atoms with van der Waals surface area (Å²) in [4.78, 5) is 0. The number of ether oxygens (including phenoxy) is 3. The first-order chi connectivity index (χ1) is 5.97. The molecular weight excluding hydrogens is 156 g/mol. The molecule has 0 amide bonds. The average molecular weight is 167 g/mol. The summed E-state index contributed by atoms with van der Waals surface area (Å²) in [6, 6.07) is 0. The van der Waals surface area contributed by atoms with Crippen LogP contribution in [0.25, 0.3) is 0 Å². The third-order valence-electron chi connectivity index (χ3n) is 1.78. The Labute approximate surface area is 71.6 Å². The Bertz CT molecular complexity index is 192. The lowest BCUT2D eigenvalue weighted by molar-refractivity contribution is -0.0616. The van der Waals surface area contributed by atoms with E-state index in [1.807, 2.05) is 18.2 Å². The Kier molecular flexibility index (Phi) is 2.44. The lowest BCUT2D eigenvalue weighted by atomic mass is 10.1. The predicted octanol–water partition coefficient (Wildman–Crippen LogP) is 1.03. The van der Waals surface area contributed by atoms with Gasteiger partial charge < -0.3 is 14.2 Å². The highest BCUT2D eigenvalue weighted by atomic mass is 16.6. The topological polar surface area (TPSA) is 27.7 Å². The SMILES string of the molecule is C1=COC([C]2COCCO2)C=C1. The molecule has 0 bridgehead atoms. The van der Waals surface area contributed by atoms with E-state index in [0.717, 1.165) is 6.10 Å². The van der Waals surface area contributed by atoms with Crippen molar-refractivity contribution in [3.63, 3.8) is 0 Å². The third-order valence-corrected chi connectivity index (χ3v) is 1.78. The second-order valence-electron chi connectivity index (χ2n) is 2.64. The molecule has 0 spiro atoms. The number of hydrogen-bond acceptors (Lipinski definition) is 3. The Morgan fingerprint density at radius 1 is 1.25 bits per heavy atom. The van der Waals surface area contributed by atoms with Gasteiger partial charge in [-0.1, -0.05) is 6.08 Å². The van der Waals surface area contributed by atoms with E-state index < -0.39 is 0 Å². The molecule has 2 rings (SSSR count). The van der Waals surface area contributed by atoms with Crippen LogP contribution in [0.2, 0.25) is 0 Å². The number of allylic oxidation sites excluding steroid dienone is 2. The van der Waals surface area contributed by atoms with E-state index in [1.54, 1.807) is 6.26 Å². The summed E-state index contributed by atoms with van der Waals surface area (Å²) in [6.45, 7) is 1.85. The fraction of sp³-hybridized carbons (Fsp3) is 0.444. The fourth-order valence-electron chi connectivity index (χ4n) is 1.18. The summed E-state index contributed by atoms with van der Waals surface area (Å²) in [5.74, 6) is 0. The summed E-state index contributed by atoms with van der Waals surface area (Å²) in [5.41, 5.74) is 0. The minimum Gasteiger partial charge on any atom is -0.491 e. The van der Waals surface area contributed by atoms with Gasteiger partial charge in [-0.2, -0.15) is 0 Å². The Morgan fingerprint density at radius 2 is 2.25 bits per heavy atom. The molecule has 0 saturated carbocycles. The van der Waals surface area contributed by atoms with E-state index >= 15 is 0 Å². The van der Waals surface area contributed by atoms with Crippen LogP contribution in [0.4, 0.5) is 0 Å². The Morgan fingerprint density at radius 3 is 2.92 bits per heavy atom. The molecule has 1 fully saturated rings. The van der Waals surface area contributed by atoms with Crippen LogP contribution in [-0.4, -0.2) is 25.9 Å². The van der Waals surface area contributed by atoms with Gasteiger partial charge in [0.25, 0.3) is 0 Å². The van der Waals surface area contributed by atoms with Crippen molar-refractivity contribution in [2.45, 2.75) is 6.10 Å². The van der Waals surface area contributed by atoms with Gasteiger partial charge in [0, 0.05) is 0 Å². The molecule has 2 heterocycles. The van der Waals surface area contributed by atoms with Gasteiger partial charge in [0.2, 0.25) is 0 Å². The maximum atomic E-state index is 5.40. The maximum Gasteiger partial charge on any atom is 0.167 e. The van der Waals surface area contributed by atoms with Crippen molar-refractivity contribution in [2.24, 2.45) is 0 Å². The first-order valence-corrected chi connectivity index (χ1v) is 4.02. The molecule has 1 radical (unpaired) electrons. The highest BCUT2D eigenvalue weighted by Gasteiger charge is 2.25. The quantitative estimate of drug-likeness (QED) is 0.584. The van der Waals surface area contributed by atoms with Crippen molar-refractivity contribution in [1.29, 1.82) is 0 Å². The van der Waals surface area contributed by atoms with Gasteiger partial charge in [0.15, 0.2) is 12.2 Å². The van der Waals surface area contributed by atoms with Crippen LogP contribution in [0.15, 0.2) is 24.5 Å². The van der Waals surface area contributed by atoms with E-state index in [4.69, 9.17) is 14.2 Å². The lowest BCUT2D eigenvalue weighted by Crippen LogP contribution is -2.31. The molecule has 1 atom stereocenters. The molecule has 1 unspecified atom stereocenters. The second kappa shape index (κ2) is 3.74. The largest absolute Gasteiger partial charge is 0.491 e. The van der Waals surface area contributed by atoms with Gasteiger partial charge in [-0.05, 0) is 12.2 Å². The van der Waals surface area contributed by atoms with Crippen molar-refractivity contribution >= 4 is 0 Å². The van der Waals surface area contributed by atoms with Crippen LogP contribution in [0.1, 0.15) is 0 Å². The van der Waals surface area contributed by atoms with Crippen LogP contribution in [0.3, 0.4) is 0 Å². The predicted molar refractivity (Wildman–Crippen MR) is 43.2 cm³/mol. The van der Waals surface area contributed by atoms with E-state index in [1.165, 1.54) is 0 Å². The van der Waals surface area contributed by atoms with Gasteiger partial charge in [-0.25, -0.2) is 0 Å². The Balaban J connectivity index is 1.90. The average Bonchev–Trinajstić information content (AvgIpc) is 2.21. The fourth-order valence-corrected chi connectivity index (χ4v) is 1.18. The number of rotatable bonds is 1. The van der Waals surface area contributed by atoms with Crippen LogP contribution in [0, 0.1) is 6.10 Å². The van der Waals surface area contributed by atoms with E-state index in [0.29, 0.717) is 19.8 Å². The zero-order valence-corrected chi connectivity index (χ0v) is 6.73. The summed E-state index contributed by atoms with van der Waals surface area (Å²) < 4.78 is 15.9. The van der Waals surface area contributed by atoms with Gasteiger partial charge in [0.1, 0.15) is 0 Å². The first kappa shape index (κ1) is 7.83. The molecule has 65 valence electrons. The molecule has 0 aromatic heterocycles. The van der Waals surface area contributed by atoms with Crippen LogP contribution in [-0.2, 0) is 14.2 Å². The van der Waals surface area contributed by atoms with Gasteiger partial charge in [0.05, 0.1) is 26.1 Å². The Hall–Kier alpha value is -0.800. The molecule has 0 aliphatic carbocycles. The third kappa shape index (κ3) is 1.68. The molecule has 2 aliphatic heterocycles. The molecule has 12 heavy (non-hydrogen) atoms. The normalized spacial score (nSPS) is 30.2. The summed E-state index contributed by atoms with van der Waals surface area (Å²) in [5, 5.41) is 0. The summed E-state index contributed by atoms with van der Waals surface area (Å²) >= 11 is 0. The van der Waals surface area contributed by atoms with Gasteiger partial charge in [-0.15, -0.1) is 0 Å². The monoisotopic (exact) mass is 167 g/mol. The van der Waals surface area contributed by atoms with Crippen molar-refractivity contribution in [3.05, 3.63) is 30.6 Å². The van der Waals surface area contributed by atoms with Crippen molar-refractivity contribution in [2.75, 3.05) is 19.8 Å². The highest BCUT2D eigenvalue weighted by molar-refractivity contribution is 5.14. The van der Waals surface area contributed by atoms with Crippen molar-refractivity contribution in [3.8, 4) is 0 Å². The zero-order chi connectivity index (χ0) is 8.23. The minimum absolute atomic E-state index is 0.0599. The minimum atomic E-state index is -0.0599. The molecule has 0 aromatic rings. The smallest absolute Gasteiger partial charge is 0.167 e. The van der Waals surface area contributed by atoms with Crippen molar-refractivity contribution < 1.29 is 14.2 Å². The molecule has 3 nitrogen and oxygen atoms in total. The van der Waals surface area contributed by atoms with E-state index in [-0.39, 0.29) is 6.10 Å². The molecule has 1 saturated heterocycles. The lowest BCUT2D eigenvalue weighted by Gasteiger charge is -2.27. The molecule has 0 N–H and O–H groups in total. The maximum absolute atomic E-state index is 5.40. The summed E-state index contributed by atoms with van der Waals surface area (Å²) in [6.07, 6.45) is 8.21. The standard InChI is InChI=1S/C9H11O3/c1-2-4-11-8(3-1)9-7-10-5-6-12-9/h1-4,8H,5-7H2. The van der Waals surface area contributed by atoms with Crippen LogP contribution < -0.4 is 0 Å². The summed E-state index contributed by atoms with van der Waals surface area (Å²) in [7, 11) is 0. The van der Waals surface area contributed by atoms with E-state index in [9.17, 15) is 0 Å². The van der Waals surface area contributed by atoms with E-state index in [2.05, 4.69) is 0 Å². The van der Waals surface area contributed by atoms with Crippen LogP contribution in [0.5, 0.6) is 0 Å². The number of hydrogen-bond donors (Lipinski definition) is 0. The zero-order valence-electron chi connectivity index (χ0n) is 6.73. The molecule has 3 heteroatoms. The van der Waals surface area contributed by atoms with Crippen LogP contribution >= 0.6 is 0 Å². The molecular formula is C9H11O3. The van der Waals surface area contributed by atoms with Crippen molar-refractivity contribution in [1.82, 2.24) is 0 Å².